The van der Waals surface area contributed by atoms with Gasteiger partial charge < -0.3 is 28.6 Å². The van der Waals surface area contributed by atoms with Crippen molar-refractivity contribution in [2.75, 3.05) is 41.5 Å². The van der Waals surface area contributed by atoms with Crippen molar-refractivity contribution in [3.63, 3.8) is 0 Å². The number of hydrogen-bond acceptors (Lipinski definition) is 10. The van der Waals surface area contributed by atoms with Crippen LogP contribution in [0.5, 0.6) is 0 Å². The van der Waals surface area contributed by atoms with Crippen LogP contribution in [0, 0.1) is 0 Å². The highest BCUT2D eigenvalue weighted by atomic mass is 16.6. The fraction of sp³-hybridized carbons (Fsp3) is 0.660. The molecule has 0 atom stereocenters. The normalized spacial score (nSPS) is 10.9. The Balaban J connectivity index is 0.000000626. The lowest BCUT2D eigenvalue weighted by Gasteiger charge is -2.27. The Morgan fingerprint density at radius 3 is 1.16 bits per heavy atom. The first-order valence-corrected chi connectivity index (χ1v) is 22.8. The van der Waals surface area contributed by atoms with Gasteiger partial charge in [-0.15, -0.1) is 0 Å². The molecule has 0 fully saturated rings. The Bertz CT molecular complexity index is 1520. The quantitative estimate of drug-likeness (QED) is 0.0424. The Kier molecular flexibility index (Phi) is 30.6. The number of amides is 1. The minimum absolute atomic E-state index is 0.0915. The van der Waals surface area contributed by atoms with Crippen molar-refractivity contribution in [3.05, 3.63) is 70.8 Å². The zero-order valence-electron chi connectivity index (χ0n) is 38.8. The van der Waals surface area contributed by atoms with E-state index in [1.165, 1.54) is 91.8 Å². The zero-order valence-corrected chi connectivity index (χ0v) is 38.8. The Hall–Kier alpha value is -4.41. The monoisotopic (exact) mass is 854 g/mol. The SMILES string of the molecule is COC(=O)CCCCCCCCCCCCCc1cccc(C(=O)OC)c1.COC(=O)CCCCCCCN(CCCCCc1cccc(C(=O)OC)c1)C(=O)OC(C)(C)C. The van der Waals surface area contributed by atoms with Gasteiger partial charge in [-0.2, -0.15) is 0 Å². The maximum absolute atomic E-state index is 12.7. The third-order valence-electron chi connectivity index (χ3n) is 10.4. The first kappa shape index (κ1) is 54.6. The molecule has 0 aliphatic rings. The molecule has 2 aromatic rings. The fourth-order valence-electron chi connectivity index (χ4n) is 6.87. The van der Waals surface area contributed by atoms with Gasteiger partial charge in [0.05, 0.1) is 39.6 Å². The second-order valence-corrected chi connectivity index (χ2v) is 16.7. The molecule has 0 N–H and O–H groups in total. The molecule has 2 rings (SSSR count). The number of rotatable bonds is 30. The van der Waals surface area contributed by atoms with Crippen LogP contribution in [0.4, 0.5) is 4.79 Å². The van der Waals surface area contributed by atoms with E-state index in [4.69, 9.17) is 14.2 Å². The van der Waals surface area contributed by atoms with Gasteiger partial charge in [0.15, 0.2) is 0 Å². The second-order valence-electron chi connectivity index (χ2n) is 16.7. The van der Waals surface area contributed by atoms with Crippen molar-refractivity contribution in [3.8, 4) is 0 Å². The van der Waals surface area contributed by atoms with E-state index >= 15 is 0 Å². The number of ether oxygens (including phenoxy) is 5. The number of carbonyl (C=O) groups excluding carboxylic acids is 5. The molecule has 344 valence electrons. The molecule has 1 amide bonds. The Morgan fingerprint density at radius 2 is 0.803 bits per heavy atom. The van der Waals surface area contributed by atoms with Gasteiger partial charge >= 0.3 is 30.0 Å². The van der Waals surface area contributed by atoms with Crippen LogP contribution in [0.3, 0.4) is 0 Å². The standard InChI is InChI=1S/C27H43NO6.C23H36O4/c1-27(2,3)34-26(31)28(19-12-8-6-7-11-18-24(29)32-4)20-13-9-10-15-22-16-14-17-23(21-22)25(30)33-5;1-26-22(24)18-13-11-9-7-5-3-4-6-8-10-12-15-20-16-14-17-21(19-20)23(25)27-2/h14,16-17,21H,6-13,15,18-20H2,1-5H3;14,16-17,19H,3-13,15,18H2,1-2H3. The van der Waals surface area contributed by atoms with E-state index in [1.807, 2.05) is 56.0 Å². The average Bonchev–Trinajstić information content (AvgIpc) is 3.25. The summed E-state index contributed by atoms with van der Waals surface area (Å²) in [5, 5.41) is 0. The molecule has 0 heterocycles. The Morgan fingerprint density at radius 1 is 0.459 bits per heavy atom. The Labute approximate surface area is 367 Å². The van der Waals surface area contributed by atoms with Gasteiger partial charge in [0, 0.05) is 25.9 Å². The predicted molar refractivity (Wildman–Crippen MR) is 242 cm³/mol. The van der Waals surface area contributed by atoms with Gasteiger partial charge in [0.2, 0.25) is 0 Å². The maximum atomic E-state index is 12.7. The first-order chi connectivity index (χ1) is 29.3. The van der Waals surface area contributed by atoms with E-state index in [0.717, 1.165) is 82.6 Å². The van der Waals surface area contributed by atoms with E-state index in [-0.39, 0.29) is 30.0 Å². The highest BCUT2D eigenvalue weighted by Gasteiger charge is 2.21. The smallest absolute Gasteiger partial charge is 0.410 e. The largest absolute Gasteiger partial charge is 0.469 e. The molecule has 0 aromatic heterocycles. The van der Waals surface area contributed by atoms with Gasteiger partial charge in [-0.3, -0.25) is 9.59 Å². The summed E-state index contributed by atoms with van der Waals surface area (Å²) >= 11 is 0. The molecule has 11 nitrogen and oxygen atoms in total. The summed E-state index contributed by atoms with van der Waals surface area (Å²) in [6.07, 6.45) is 23.8. The molecule has 11 heteroatoms. The van der Waals surface area contributed by atoms with Gasteiger partial charge in [0.1, 0.15) is 5.60 Å². The van der Waals surface area contributed by atoms with Crippen LogP contribution in [-0.4, -0.2) is 82.0 Å². The topological polar surface area (TPSA) is 135 Å². The molecule has 0 saturated heterocycles. The summed E-state index contributed by atoms with van der Waals surface area (Å²) in [4.78, 5) is 59.9. The molecular formula is C50H79NO10. The zero-order chi connectivity index (χ0) is 45.1. The lowest BCUT2D eigenvalue weighted by atomic mass is 10.0. The summed E-state index contributed by atoms with van der Waals surface area (Å²) in [5.74, 6) is -0.836. The van der Waals surface area contributed by atoms with Crippen LogP contribution < -0.4 is 0 Å². The summed E-state index contributed by atoms with van der Waals surface area (Å²) in [7, 11) is 5.66. The second kappa shape index (κ2) is 34.2. The number of hydrogen-bond donors (Lipinski definition) is 0. The molecule has 0 unspecified atom stereocenters. The molecule has 0 aliphatic heterocycles. The van der Waals surface area contributed by atoms with Gasteiger partial charge in [-0.1, -0.05) is 108 Å². The van der Waals surface area contributed by atoms with E-state index in [1.54, 1.807) is 12.1 Å². The predicted octanol–water partition coefficient (Wildman–Crippen LogP) is 11.8. The molecule has 0 spiro atoms. The van der Waals surface area contributed by atoms with E-state index in [9.17, 15) is 24.0 Å². The van der Waals surface area contributed by atoms with Crippen molar-refractivity contribution in [2.45, 2.75) is 174 Å². The highest BCUT2D eigenvalue weighted by Crippen LogP contribution is 2.17. The van der Waals surface area contributed by atoms with Crippen LogP contribution in [0.1, 0.15) is 187 Å². The van der Waals surface area contributed by atoms with Crippen LogP contribution in [0.2, 0.25) is 0 Å². The number of methoxy groups -OCH3 is 4. The summed E-state index contributed by atoms with van der Waals surface area (Å²) in [6.45, 7) is 6.99. The number of benzene rings is 2. The molecule has 0 radical (unpaired) electrons. The maximum Gasteiger partial charge on any atom is 0.410 e. The molecule has 61 heavy (non-hydrogen) atoms. The third kappa shape index (κ3) is 28.7. The van der Waals surface area contributed by atoms with Gasteiger partial charge in [-0.05, 0) is 108 Å². The summed E-state index contributed by atoms with van der Waals surface area (Å²) in [5.41, 5.74) is 3.01. The third-order valence-corrected chi connectivity index (χ3v) is 10.4. The number of carbonyl (C=O) groups is 5. The van der Waals surface area contributed by atoms with Crippen molar-refractivity contribution < 1.29 is 47.7 Å². The van der Waals surface area contributed by atoms with Crippen molar-refractivity contribution in [1.29, 1.82) is 0 Å². The number of unbranched alkanes of at least 4 members (excludes halogenated alkanes) is 16. The fourth-order valence-corrected chi connectivity index (χ4v) is 6.87. The van der Waals surface area contributed by atoms with Gasteiger partial charge in [-0.25, -0.2) is 14.4 Å². The summed E-state index contributed by atoms with van der Waals surface area (Å²) in [6, 6.07) is 15.3. The average molecular weight is 854 g/mol. The molecular weight excluding hydrogens is 775 g/mol. The molecule has 0 bridgehead atoms. The highest BCUT2D eigenvalue weighted by molar-refractivity contribution is 5.90. The van der Waals surface area contributed by atoms with E-state index < -0.39 is 5.60 Å². The number of esters is 4. The minimum atomic E-state index is -0.520. The van der Waals surface area contributed by atoms with E-state index in [2.05, 4.69) is 15.5 Å². The number of aryl methyl sites for hydroxylation is 2. The van der Waals surface area contributed by atoms with Crippen LogP contribution >= 0.6 is 0 Å². The molecule has 0 aliphatic carbocycles. The molecule has 2 aromatic carbocycles. The van der Waals surface area contributed by atoms with Crippen LogP contribution in [0.15, 0.2) is 48.5 Å². The van der Waals surface area contributed by atoms with Crippen LogP contribution in [0.25, 0.3) is 0 Å². The van der Waals surface area contributed by atoms with Gasteiger partial charge in [0.25, 0.3) is 0 Å². The van der Waals surface area contributed by atoms with Crippen molar-refractivity contribution in [2.24, 2.45) is 0 Å². The van der Waals surface area contributed by atoms with E-state index in [0.29, 0.717) is 37.1 Å². The van der Waals surface area contributed by atoms with Crippen LogP contribution in [-0.2, 0) is 46.1 Å². The molecule has 0 saturated carbocycles. The first-order valence-electron chi connectivity index (χ1n) is 22.8. The lowest BCUT2D eigenvalue weighted by Crippen LogP contribution is -2.38. The van der Waals surface area contributed by atoms with Crippen molar-refractivity contribution in [1.82, 2.24) is 4.90 Å². The minimum Gasteiger partial charge on any atom is -0.469 e. The summed E-state index contributed by atoms with van der Waals surface area (Å²) < 4.78 is 24.4. The lowest BCUT2D eigenvalue weighted by molar-refractivity contribution is -0.141. The van der Waals surface area contributed by atoms with Crippen molar-refractivity contribution >= 4 is 30.0 Å². The number of nitrogens with zero attached hydrogens (tertiary/aromatic N) is 1.